The monoisotopic (exact) mass is 279 g/mol. The Kier molecular flexibility index (Phi) is 3.90. The average Bonchev–Trinajstić information content (AvgIpc) is 3.08. The molecule has 1 aliphatic heterocycles. The Morgan fingerprint density at radius 2 is 2.16 bits per heavy atom. The highest BCUT2D eigenvalue weighted by atomic mass is 32.2. The Balaban J connectivity index is 1.77. The lowest BCUT2D eigenvalue weighted by Gasteiger charge is -2.33. The molecule has 3 nitrogen and oxygen atoms in total. The van der Waals surface area contributed by atoms with Crippen molar-refractivity contribution in [1.29, 1.82) is 0 Å². The fourth-order valence-electron chi connectivity index (χ4n) is 3.66. The van der Waals surface area contributed by atoms with Crippen LogP contribution in [0.3, 0.4) is 0 Å². The summed E-state index contributed by atoms with van der Waals surface area (Å²) >= 11 is 2.04. The minimum Gasteiger partial charge on any atom is -0.331 e. The second-order valence-corrected chi connectivity index (χ2v) is 7.48. The van der Waals surface area contributed by atoms with Gasteiger partial charge in [0.05, 0.1) is 6.33 Å². The molecule has 0 radical (unpaired) electrons. The van der Waals surface area contributed by atoms with E-state index in [0.29, 0.717) is 6.04 Å². The standard InChI is InChI=1S/C15H25N3S/c1-15(7-8-16-10-15)14-9-17-11-18(14)12-3-5-13(19-2)6-4-12/h9,11-13,16H,3-8,10H2,1-2H3. The molecule has 4 heteroatoms. The molecule has 1 aromatic heterocycles. The first-order valence-corrected chi connectivity index (χ1v) is 8.77. The minimum absolute atomic E-state index is 0.285. The molecule has 1 aromatic rings. The smallest absolute Gasteiger partial charge is 0.0950 e. The van der Waals surface area contributed by atoms with Gasteiger partial charge in [-0.15, -0.1) is 0 Å². The molecular formula is C15H25N3S. The van der Waals surface area contributed by atoms with Crippen LogP contribution >= 0.6 is 11.8 Å². The van der Waals surface area contributed by atoms with E-state index in [-0.39, 0.29) is 5.41 Å². The second-order valence-electron chi connectivity index (χ2n) is 6.34. The van der Waals surface area contributed by atoms with Gasteiger partial charge in [0.2, 0.25) is 0 Å². The lowest BCUT2D eigenvalue weighted by atomic mass is 9.85. The highest BCUT2D eigenvalue weighted by molar-refractivity contribution is 7.99. The van der Waals surface area contributed by atoms with Crippen molar-refractivity contribution in [2.24, 2.45) is 0 Å². The quantitative estimate of drug-likeness (QED) is 0.922. The van der Waals surface area contributed by atoms with Gasteiger partial charge >= 0.3 is 0 Å². The summed E-state index contributed by atoms with van der Waals surface area (Å²) in [5.74, 6) is 0. The molecule has 1 unspecified atom stereocenters. The van der Waals surface area contributed by atoms with Crippen LogP contribution in [0.4, 0.5) is 0 Å². The van der Waals surface area contributed by atoms with Crippen LogP contribution in [-0.4, -0.2) is 34.1 Å². The maximum absolute atomic E-state index is 4.46. The van der Waals surface area contributed by atoms with E-state index < -0.39 is 0 Å². The van der Waals surface area contributed by atoms with Crippen LogP contribution in [0.25, 0.3) is 0 Å². The number of nitrogens with zero attached hydrogens (tertiary/aromatic N) is 2. The molecule has 1 N–H and O–H groups in total. The van der Waals surface area contributed by atoms with E-state index in [1.807, 2.05) is 11.8 Å². The molecule has 0 bridgehead atoms. The van der Waals surface area contributed by atoms with Gasteiger partial charge in [-0.25, -0.2) is 4.98 Å². The number of thioether (sulfide) groups is 1. The van der Waals surface area contributed by atoms with E-state index in [0.717, 1.165) is 18.3 Å². The van der Waals surface area contributed by atoms with Crippen LogP contribution < -0.4 is 5.32 Å². The number of hydrogen-bond acceptors (Lipinski definition) is 3. The van der Waals surface area contributed by atoms with E-state index in [1.54, 1.807) is 0 Å². The summed E-state index contributed by atoms with van der Waals surface area (Å²) < 4.78 is 2.49. The summed E-state index contributed by atoms with van der Waals surface area (Å²) in [4.78, 5) is 4.46. The van der Waals surface area contributed by atoms with Crippen LogP contribution in [0.5, 0.6) is 0 Å². The third-order valence-electron chi connectivity index (χ3n) is 5.02. The van der Waals surface area contributed by atoms with Crippen LogP contribution in [0.2, 0.25) is 0 Å². The molecular weight excluding hydrogens is 254 g/mol. The van der Waals surface area contributed by atoms with Gasteiger partial charge in [0, 0.05) is 35.1 Å². The Morgan fingerprint density at radius 3 is 2.79 bits per heavy atom. The van der Waals surface area contributed by atoms with E-state index in [1.165, 1.54) is 37.8 Å². The summed E-state index contributed by atoms with van der Waals surface area (Å²) in [7, 11) is 0. The highest BCUT2D eigenvalue weighted by Gasteiger charge is 2.35. The van der Waals surface area contributed by atoms with Crippen molar-refractivity contribution < 1.29 is 0 Å². The highest BCUT2D eigenvalue weighted by Crippen LogP contribution is 2.37. The van der Waals surface area contributed by atoms with E-state index in [4.69, 9.17) is 0 Å². The van der Waals surface area contributed by atoms with Gasteiger partial charge in [-0.1, -0.05) is 6.92 Å². The maximum atomic E-state index is 4.46. The zero-order chi connectivity index (χ0) is 13.3. The molecule has 0 aromatic carbocycles. The lowest BCUT2D eigenvalue weighted by molar-refractivity contribution is 0.334. The van der Waals surface area contributed by atoms with Crippen molar-refractivity contribution in [2.45, 2.75) is 55.7 Å². The first-order valence-electron chi connectivity index (χ1n) is 7.49. The van der Waals surface area contributed by atoms with E-state index in [9.17, 15) is 0 Å². The average molecular weight is 279 g/mol. The molecule has 2 fully saturated rings. The topological polar surface area (TPSA) is 29.9 Å². The lowest BCUT2D eigenvalue weighted by Crippen LogP contribution is -2.30. The first-order chi connectivity index (χ1) is 9.23. The summed E-state index contributed by atoms with van der Waals surface area (Å²) in [6.45, 7) is 4.62. The van der Waals surface area contributed by atoms with Gasteiger partial charge in [0.1, 0.15) is 0 Å². The first kappa shape index (κ1) is 13.5. The summed E-state index contributed by atoms with van der Waals surface area (Å²) in [6.07, 6.45) is 13.0. The third kappa shape index (κ3) is 2.57. The second kappa shape index (κ2) is 5.49. The Labute approximate surface area is 120 Å². The molecule has 0 amide bonds. The summed E-state index contributed by atoms with van der Waals surface area (Å²) in [5, 5.41) is 4.38. The molecule has 2 heterocycles. The predicted octanol–water partition coefficient (Wildman–Crippen LogP) is 2.98. The van der Waals surface area contributed by atoms with Gasteiger partial charge in [-0.3, -0.25) is 0 Å². The molecule has 1 atom stereocenters. The largest absolute Gasteiger partial charge is 0.331 e. The Hall–Kier alpha value is -0.480. The minimum atomic E-state index is 0.285. The fourth-order valence-corrected chi connectivity index (χ4v) is 4.40. The molecule has 3 rings (SSSR count). The Morgan fingerprint density at radius 1 is 1.37 bits per heavy atom. The number of rotatable bonds is 3. The number of hydrogen-bond donors (Lipinski definition) is 1. The molecule has 19 heavy (non-hydrogen) atoms. The Bertz CT molecular complexity index is 415. The summed E-state index contributed by atoms with van der Waals surface area (Å²) in [6, 6.07) is 0.679. The number of nitrogens with one attached hydrogen (secondary N) is 1. The maximum Gasteiger partial charge on any atom is 0.0950 e. The summed E-state index contributed by atoms with van der Waals surface area (Å²) in [5.41, 5.74) is 1.73. The van der Waals surface area contributed by atoms with E-state index >= 15 is 0 Å². The van der Waals surface area contributed by atoms with Crippen molar-refractivity contribution in [3.63, 3.8) is 0 Å². The predicted molar refractivity (Wildman–Crippen MR) is 81.9 cm³/mol. The van der Waals surface area contributed by atoms with E-state index in [2.05, 4.69) is 40.6 Å². The number of imidazole rings is 1. The van der Waals surface area contributed by atoms with Gasteiger partial charge < -0.3 is 9.88 Å². The molecule has 2 aliphatic rings. The third-order valence-corrected chi connectivity index (χ3v) is 6.16. The van der Waals surface area contributed by atoms with Crippen molar-refractivity contribution in [3.8, 4) is 0 Å². The molecule has 1 saturated heterocycles. The normalized spacial score (nSPS) is 35.7. The molecule has 1 saturated carbocycles. The molecule has 0 spiro atoms. The van der Waals surface area contributed by atoms with Crippen molar-refractivity contribution >= 4 is 11.8 Å². The molecule has 1 aliphatic carbocycles. The van der Waals surface area contributed by atoms with Gasteiger partial charge in [-0.05, 0) is 44.9 Å². The zero-order valence-electron chi connectivity index (χ0n) is 12.1. The van der Waals surface area contributed by atoms with Crippen molar-refractivity contribution in [2.75, 3.05) is 19.3 Å². The van der Waals surface area contributed by atoms with Gasteiger partial charge in [-0.2, -0.15) is 11.8 Å². The van der Waals surface area contributed by atoms with Gasteiger partial charge in [0.25, 0.3) is 0 Å². The van der Waals surface area contributed by atoms with Crippen molar-refractivity contribution in [1.82, 2.24) is 14.9 Å². The van der Waals surface area contributed by atoms with Crippen LogP contribution in [0.1, 0.15) is 50.8 Å². The zero-order valence-corrected chi connectivity index (χ0v) is 12.9. The SMILES string of the molecule is CSC1CCC(n2cncc2C2(C)CCNC2)CC1. The van der Waals surface area contributed by atoms with Crippen molar-refractivity contribution in [3.05, 3.63) is 18.2 Å². The van der Waals surface area contributed by atoms with Crippen LogP contribution in [0.15, 0.2) is 12.5 Å². The fraction of sp³-hybridized carbons (Fsp3) is 0.800. The van der Waals surface area contributed by atoms with Gasteiger partial charge in [0.15, 0.2) is 0 Å². The van der Waals surface area contributed by atoms with Crippen LogP contribution in [-0.2, 0) is 5.41 Å². The molecule has 106 valence electrons. The van der Waals surface area contributed by atoms with Crippen LogP contribution in [0, 0.1) is 0 Å². The number of aromatic nitrogens is 2.